The number of ether oxygens (including phenoxy) is 1. The van der Waals surface area contributed by atoms with Gasteiger partial charge in [0, 0.05) is 35.8 Å². The van der Waals surface area contributed by atoms with Crippen LogP contribution < -0.4 is 4.74 Å². The lowest BCUT2D eigenvalue weighted by Gasteiger charge is -2.17. The topological polar surface area (TPSA) is 44.1 Å². The zero-order valence-electron chi connectivity index (χ0n) is 8.67. The zero-order valence-corrected chi connectivity index (χ0v) is 9.42. The molecule has 1 rings (SSSR count). The first kappa shape index (κ1) is 11.0. The van der Waals surface area contributed by atoms with E-state index in [4.69, 9.17) is 11.6 Å². The van der Waals surface area contributed by atoms with Gasteiger partial charge in [-0.05, 0) is 0 Å². The van der Waals surface area contributed by atoms with Crippen LogP contribution in [0.15, 0.2) is 6.07 Å². The van der Waals surface area contributed by atoms with Crippen LogP contribution in [-0.4, -0.2) is 15.2 Å². The van der Waals surface area contributed by atoms with Gasteiger partial charge in [0.25, 0.3) is 0 Å². The van der Waals surface area contributed by atoms with Crippen molar-refractivity contribution < 1.29 is 9.53 Å². The van der Waals surface area contributed by atoms with E-state index in [9.17, 15) is 4.79 Å². The smallest absolute Gasteiger partial charge is 0.394 e. The van der Waals surface area contributed by atoms with Crippen molar-refractivity contribution >= 4 is 17.0 Å². The van der Waals surface area contributed by atoms with Gasteiger partial charge in [0.05, 0.1) is 0 Å². The highest BCUT2D eigenvalue weighted by Gasteiger charge is 2.20. The largest absolute Gasteiger partial charge is 0.410 e. The summed E-state index contributed by atoms with van der Waals surface area (Å²) in [5.74, 6) is 0.234. The Hall–Kier alpha value is -1.03. The molecule has 0 aromatic carbocycles. The number of carbonyl (C=O) groups is 1. The molecule has 0 saturated carbocycles. The normalized spacial score (nSPS) is 11.5. The van der Waals surface area contributed by atoms with Crippen molar-refractivity contribution in [3.63, 3.8) is 0 Å². The average molecular weight is 217 g/mol. The van der Waals surface area contributed by atoms with E-state index in [-0.39, 0.29) is 11.3 Å². The second-order valence-corrected chi connectivity index (χ2v) is 4.39. The molecule has 0 aliphatic heterocycles. The van der Waals surface area contributed by atoms with E-state index in [0.29, 0.717) is 0 Å². The standard InChI is InChI=1S/C9H13ClN2O2/c1-9(2,3)6-5-7(11-12(6)4)14-8(10)13/h5H,1-4H3. The molecule has 0 aliphatic carbocycles. The molecule has 1 aromatic heterocycles. The Labute approximate surface area is 87.8 Å². The number of rotatable bonds is 1. The summed E-state index contributed by atoms with van der Waals surface area (Å²) in [6.45, 7) is 6.16. The minimum absolute atomic E-state index is 0.0429. The van der Waals surface area contributed by atoms with Crippen LogP contribution in [0.5, 0.6) is 5.88 Å². The molecule has 14 heavy (non-hydrogen) atoms. The van der Waals surface area contributed by atoms with Gasteiger partial charge < -0.3 is 4.74 Å². The highest BCUT2D eigenvalue weighted by molar-refractivity contribution is 6.61. The second kappa shape index (κ2) is 3.61. The molecule has 5 heteroatoms. The molecule has 0 N–H and O–H groups in total. The minimum atomic E-state index is -0.872. The quantitative estimate of drug-likeness (QED) is 0.678. The summed E-state index contributed by atoms with van der Waals surface area (Å²) < 4.78 is 6.34. The van der Waals surface area contributed by atoms with Gasteiger partial charge in [-0.25, -0.2) is 4.79 Å². The highest BCUT2D eigenvalue weighted by Crippen LogP contribution is 2.25. The lowest BCUT2D eigenvalue weighted by atomic mass is 9.92. The van der Waals surface area contributed by atoms with Crippen LogP contribution in [0.25, 0.3) is 0 Å². The van der Waals surface area contributed by atoms with Gasteiger partial charge in [0.1, 0.15) is 0 Å². The Morgan fingerprint density at radius 1 is 1.57 bits per heavy atom. The fraction of sp³-hybridized carbons (Fsp3) is 0.556. The van der Waals surface area contributed by atoms with E-state index in [2.05, 4.69) is 30.6 Å². The molecule has 0 spiro atoms. The Bertz CT molecular complexity index is 352. The Morgan fingerprint density at radius 2 is 2.14 bits per heavy atom. The third kappa shape index (κ3) is 2.48. The van der Waals surface area contributed by atoms with Crippen LogP contribution in [0, 0.1) is 0 Å². The van der Waals surface area contributed by atoms with Crippen LogP contribution in [-0.2, 0) is 12.5 Å². The number of nitrogens with zero attached hydrogens (tertiary/aromatic N) is 2. The Kier molecular flexibility index (Phi) is 2.85. The molecule has 0 atom stereocenters. The van der Waals surface area contributed by atoms with Crippen LogP contribution in [0.3, 0.4) is 0 Å². The summed E-state index contributed by atoms with van der Waals surface area (Å²) in [6, 6.07) is 1.71. The molecule has 0 aliphatic rings. The lowest BCUT2D eigenvalue weighted by Crippen LogP contribution is -2.16. The van der Waals surface area contributed by atoms with E-state index in [1.54, 1.807) is 17.8 Å². The van der Waals surface area contributed by atoms with Crippen LogP contribution in [0.2, 0.25) is 0 Å². The fourth-order valence-corrected chi connectivity index (χ4v) is 1.35. The molecule has 0 unspecified atom stereocenters. The maximum Gasteiger partial charge on any atom is 0.410 e. The van der Waals surface area contributed by atoms with Gasteiger partial charge in [-0.1, -0.05) is 20.8 Å². The van der Waals surface area contributed by atoms with Crippen molar-refractivity contribution in [2.45, 2.75) is 26.2 Å². The van der Waals surface area contributed by atoms with Crippen molar-refractivity contribution in [1.29, 1.82) is 0 Å². The summed E-state index contributed by atoms with van der Waals surface area (Å²) in [5.41, 5.74) is 0.0626. The Morgan fingerprint density at radius 3 is 2.50 bits per heavy atom. The minimum Gasteiger partial charge on any atom is -0.394 e. The van der Waals surface area contributed by atoms with Gasteiger partial charge >= 0.3 is 5.43 Å². The van der Waals surface area contributed by atoms with Crippen LogP contribution in [0.1, 0.15) is 26.5 Å². The fourth-order valence-electron chi connectivity index (χ4n) is 1.27. The van der Waals surface area contributed by atoms with Crippen LogP contribution >= 0.6 is 11.6 Å². The first-order valence-corrected chi connectivity index (χ1v) is 4.60. The molecule has 1 aromatic rings. The van der Waals surface area contributed by atoms with E-state index in [0.717, 1.165) is 5.69 Å². The predicted octanol–water partition coefficient (Wildman–Crippen LogP) is 2.46. The van der Waals surface area contributed by atoms with Crippen molar-refractivity contribution in [3.05, 3.63) is 11.8 Å². The summed E-state index contributed by atoms with van der Waals surface area (Å²) >= 11 is 5.08. The molecule has 0 bridgehead atoms. The maximum absolute atomic E-state index is 10.5. The second-order valence-electron chi connectivity index (χ2n) is 4.08. The molecule has 0 amide bonds. The van der Waals surface area contributed by atoms with Crippen LogP contribution in [0.4, 0.5) is 4.79 Å². The van der Waals surface area contributed by atoms with Gasteiger partial charge in [0.15, 0.2) is 0 Å². The first-order valence-electron chi connectivity index (χ1n) is 4.22. The summed E-state index contributed by atoms with van der Waals surface area (Å²) in [5, 5.41) is 4.01. The molecule has 78 valence electrons. The molecule has 1 heterocycles. The predicted molar refractivity (Wildman–Crippen MR) is 53.8 cm³/mol. The highest BCUT2D eigenvalue weighted by atomic mass is 35.5. The van der Waals surface area contributed by atoms with Gasteiger partial charge in [0.2, 0.25) is 5.88 Å². The van der Waals surface area contributed by atoms with E-state index in [1.165, 1.54) is 0 Å². The summed E-state index contributed by atoms with van der Waals surface area (Å²) in [4.78, 5) is 10.5. The number of aryl methyl sites for hydroxylation is 1. The number of hydrogen-bond donors (Lipinski definition) is 0. The van der Waals surface area contributed by atoms with Crippen molar-refractivity contribution in [3.8, 4) is 5.88 Å². The number of halogens is 1. The SMILES string of the molecule is Cn1nc(OC(=O)Cl)cc1C(C)(C)C. The Balaban J connectivity index is 2.99. The molecule has 0 fully saturated rings. The lowest BCUT2D eigenvalue weighted by molar-refractivity contribution is 0.223. The molecule has 0 radical (unpaired) electrons. The van der Waals surface area contributed by atoms with Crippen molar-refractivity contribution in [1.82, 2.24) is 9.78 Å². The third-order valence-corrected chi connectivity index (χ3v) is 1.89. The van der Waals surface area contributed by atoms with Crippen molar-refractivity contribution in [2.75, 3.05) is 0 Å². The van der Waals surface area contributed by atoms with E-state index in [1.807, 2.05) is 0 Å². The number of hydrogen-bond acceptors (Lipinski definition) is 3. The van der Waals surface area contributed by atoms with E-state index >= 15 is 0 Å². The van der Waals surface area contributed by atoms with E-state index < -0.39 is 5.43 Å². The number of carbonyl (C=O) groups excluding carboxylic acids is 1. The van der Waals surface area contributed by atoms with Crippen molar-refractivity contribution in [2.24, 2.45) is 7.05 Å². The number of aromatic nitrogens is 2. The van der Waals surface area contributed by atoms with Gasteiger partial charge in [-0.2, -0.15) is 0 Å². The average Bonchev–Trinajstić information content (AvgIpc) is 2.27. The maximum atomic E-state index is 10.5. The zero-order chi connectivity index (χ0) is 10.9. The third-order valence-electron chi connectivity index (χ3n) is 1.81. The van der Waals surface area contributed by atoms with Gasteiger partial charge in [-0.15, -0.1) is 5.10 Å². The molecule has 4 nitrogen and oxygen atoms in total. The first-order chi connectivity index (χ1) is 6.30. The van der Waals surface area contributed by atoms with Gasteiger partial charge in [-0.3, -0.25) is 4.68 Å². The summed E-state index contributed by atoms with van der Waals surface area (Å²) in [7, 11) is 1.80. The monoisotopic (exact) mass is 216 g/mol. The molecular weight excluding hydrogens is 204 g/mol. The molecule has 0 saturated heterocycles. The summed E-state index contributed by atoms with van der Waals surface area (Å²) in [6.07, 6.45) is 0. The molecular formula is C9H13ClN2O2.